The molecular formula is C24H35N7O5. The number of aliphatic imine (C=N–C) groups is 1. The van der Waals surface area contributed by atoms with Gasteiger partial charge < -0.3 is 36.6 Å². The van der Waals surface area contributed by atoms with Gasteiger partial charge >= 0.3 is 12.1 Å². The van der Waals surface area contributed by atoms with Crippen LogP contribution in [0.3, 0.4) is 0 Å². The highest BCUT2D eigenvalue weighted by Gasteiger charge is 2.29. The first-order valence-electron chi connectivity index (χ1n) is 11.5. The first-order chi connectivity index (χ1) is 17.0. The van der Waals surface area contributed by atoms with Gasteiger partial charge in [-0.15, -0.1) is 0 Å². The number of aromatic nitrogens is 2. The SMILES string of the molecule is COC(=O)[C@H](CCCN=C(N)N)NC(=O)[C@H](Cc1cnc(-c2ccccc2)[nH]1)NC(=O)OC(C)(C)C. The molecule has 7 N–H and O–H groups in total. The number of hydrogen-bond acceptors (Lipinski definition) is 7. The topological polar surface area (TPSA) is 187 Å². The van der Waals surface area contributed by atoms with Gasteiger partial charge in [0.25, 0.3) is 0 Å². The number of ether oxygens (including phenoxy) is 2. The average molecular weight is 502 g/mol. The van der Waals surface area contributed by atoms with Crippen molar-refractivity contribution in [1.29, 1.82) is 0 Å². The first kappa shape index (κ1) is 28.1. The number of benzene rings is 1. The van der Waals surface area contributed by atoms with Crippen molar-refractivity contribution in [3.8, 4) is 11.4 Å². The normalized spacial score (nSPS) is 12.7. The maximum absolute atomic E-state index is 13.2. The molecule has 2 atom stereocenters. The number of imidazole rings is 1. The quantitative estimate of drug-likeness (QED) is 0.132. The van der Waals surface area contributed by atoms with Gasteiger partial charge in [-0.1, -0.05) is 30.3 Å². The second kappa shape index (κ2) is 13.1. The van der Waals surface area contributed by atoms with E-state index in [1.165, 1.54) is 7.11 Å². The zero-order valence-electron chi connectivity index (χ0n) is 21.0. The summed E-state index contributed by atoms with van der Waals surface area (Å²) in [5.41, 5.74) is 11.4. The van der Waals surface area contributed by atoms with E-state index in [1.807, 2.05) is 30.3 Å². The molecule has 1 aromatic carbocycles. The summed E-state index contributed by atoms with van der Waals surface area (Å²) >= 11 is 0. The summed E-state index contributed by atoms with van der Waals surface area (Å²) in [4.78, 5) is 49.4. The van der Waals surface area contributed by atoms with E-state index < -0.39 is 35.7 Å². The standard InChI is InChI=1S/C24H35N7O5/c1-24(2,3)36-23(34)31-18(13-16-14-28-19(29-16)15-9-6-5-7-10-15)20(32)30-17(21(33)35-4)11-8-12-27-22(25)26/h5-7,9-10,14,17-18H,8,11-13H2,1-4H3,(H,28,29)(H,30,32)(H,31,34)(H4,25,26,27)/t17-,18-/m0/s1. The van der Waals surface area contributed by atoms with Gasteiger partial charge in [-0.05, 0) is 33.6 Å². The average Bonchev–Trinajstić information content (AvgIpc) is 3.27. The van der Waals surface area contributed by atoms with Crippen LogP contribution in [-0.4, -0.2) is 65.2 Å². The molecule has 0 aliphatic rings. The maximum Gasteiger partial charge on any atom is 0.408 e. The van der Waals surface area contributed by atoms with E-state index >= 15 is 0 Å². The van der Waals surface area contributed by atoms with Crippen LogP contribution < -0.4 is 22.1 Å². The zero-order chi connectivity index (χ0) is 26.7. The lowest BCUT2D eigenvalue weighted by molar-refractivity contribution is -0.145. The molecule has 0 bridgehead atoms. The Morgan fingerprint density at radius 2 is 1.81 bits per heavy atom. The molecule has 12 nitrogen and oxygen atoms in total. The smallest absolute Gasteiger partial charge is 0.408 e. The van der Waals surface area contributed by atoms with Crippen molar-refractivity contribution < 1.29 is 23.9 Å². The number of carbonyl (C=O) groups is 3. The van der Waals surface area contributed by atoms with E-state index in [0.717, 1.165) is 5.56 Å². The number of methoxy groups -OCH3 is 1. The monoisotopic (exact) mass is 501 g/mol. The summed E-state index contributed by atoms with van der Waals surface area (Å²) in [6, 6.07) is 7.45. The highest BCUT2D eigenvalue weighted by atomic mass is 16.6. The van der Waals surface area contributed by atoms with E-state index in [4.69, 9.17) is 20.9 Å². The van der Waals surface area contributed by atoms with Crippen LogP contribution in [0.25, 0.3) is 11.4 Å². The van der Waals surface area contributed by atoms with Gasteiger partial charge in [0.05, 0.1) is 7.11 Å². The molecule has 1 aromatic heterocycles. The van der Waals surface area contributed by atoms with Gasteiger partial charge in [-0.3, -0.25) is 9.79 Å². The molecule has 2 aromatic rings. The molecule has 0 saturated heterocycles. The largest absolute Gasteiger partial charge is 0.467 e. The summed E-state index contributed by atoms with van der Waals surface area (Å²) in [7, 11) is 1.23. The van der Waals surface area contributed by atoms with Crippen molar-refractivity contribution in [2.45, 2.75) is 57.7 Å². The fourth-order valence-corrected chi connectivity index (χ4v) is 3.25. The summed E-state index contributed by atoms with van der Waals surface area (Å²) in [6.45, 7) is 5.42. The van der Waals surface area contributed by atoms with Crippen LogP contribution in [0.2, 0.25) is 0 Å². The van der Waals surface area contributed by atoms with Crippen LogP contribution in [0.15, 0.2) is 41.5 Å². The Bertz CT molecular complexity index is 1040. The second-order valence-corrected chi connectivity index (χ2v) is 9.06. The fraction of sp³-hybridized carbons (Fsp3) is 0.458. The molecule has 36 heavy (non-hydrogen) atoms. The van der Waals surface area contributed by atoms with Crippen molar-refractivity contribution in [2.75, 3.05) is 13.7 Å². The van der Waals surface area contributed by atoms with Crippen LogP contribution in [0, 0.1) is 0 Å². The Morgan fingerprint density at radius 3 is 2.42 bits per heavy atom. The number of H-pyrrole nitrogens is 1. The van der Waals surface area contributed by atoms with E-state index in [9.17, 15) is 14.4 Å². The Kier molecular flexibility index (Phi) is 10.3. The molecule has 0 aliphatic carbocycles. The lowest BCUT2D eigenvalue weighted by Crippen LogP contribution is -2.53. The number of guanidine groups is 1. The van der Waals surface area contributed by atoms with Gasteiger partial charge in [0.2, 0.25) is 5.91 Å². The van der Waals surface area contributed by atoms with Gasteiger partial charge in [0.15, 0.2) is 5.96 Å². The number of hydrogen-bond donors (Lipinski definition) is 5. The van der Waals surface area contributed by atoms with E-state index in [0.29, 0.717) is 17.9 Å². The number of rotatable bonds is 11. The predicted octanol–water partition coefficient (Wildman–Crippen LogP) is 1.22. The predicted molar refractivity (Wildman–Crippen MR) is 135 cm³/mol. The van der Waals surface area contributed by atoms with Crippen molar-refractivity contribution in [3.63, 3.8) is 0 Å². The molecule has 0 fully saturated rings. The van der Waals surface area contributed by atoms with E-state index in [-0.39, 0.29) is 25.3 Å². The second-order valence-electron chi connectivity index (χ2n) is 9.06. The highest BCUT2D eigenvalue weighted by molar-refractivity contribution is 5.89. The summed E-state index contributed by atoms with van der Waals surface area (Å²) < 4.78 is 10.1. The molecule has 0 unspecified atom stereocenters. The minimum Gasteiger partial charge on any atom is -0.467 e. The molecule has 196 valence electrons. The first-order valence-corrected chi connectivity index (χ1v) is 11.5. The Hall–Kier alpha value is -4.09. The van der Waals surface area contributed by atoms with Crippen molar-refractivity contribution in [1.82, 2.24) is 20.6 Å². The lowest BCUT2D eigenvalue weighted by atomic mass is 10.1. The molecular weight excluding hydrogens is 466 g/mol. The number of nitrogens with one attached hydrogen (secondary N) is 3. The molecule has 0 radical (unpaired) electrons. The minimum absolute atomic E-state index is 0.0651. The highest BCUT2D eigenvalue weighted by Crippen LogP contribution is 2.16. The van der Waals surface area contributed by atoms with Crippen LogP contribution in [0.5, 0.6) is 0 Å². The molecule has 0 spiro atoms. The molecule has 0 aliphatic heterocycles. The van der Waals surface area contributed by atoms with Crippen molar-refractivity contribution in [2.24, 2.45) is 16.5 Å². The van der Waals surface area contributed by atoms with Gasteiger partial charge in [-0.25, -0.2) is 14.6 Å². The third-order valence-electron chi connectivity index (χ3n) is 4.85. The van der Waals surface area contributed by atoms with Crippen molar-refractivity contribution in [3.05, 3.63) is 42.2 Å². The van der Waals surface area contributed by atoms with Crippen LogP contribution in [0.4, 0.5) is 4.79 Å². The summed E-state index contributed by atoms with van der Waals surface area (Å²) in [5, 5.41) is 5.24. The zero-order valence-corrected chi connectivity index (χ0v) is 21.0. The number of aromatic amines is 1. The maximum atomic E-state index is 13.2. The lowest BCUT2D eigenvalue weighted by Gasteiger charge is -2.24. The van der Waals surface area contributed by atoms with E-state index in [1.54, 1.807) is 27.0 Å². The van der Waals surface area contributed by atoms with Crippen LogP contribution >= 0.6 is 0 Å². The third-order valence-corrected chi connectivity index (χ3v) is 4.85. The van der Waals surface area contributed by atoms with Crippen LogP contribution in [-0.2, 0) is 25.5 Å². The summed E-state index contributed by atoms with van der Waals surface area (Å²) in [5.74, 6) is -0.662. The molecule has 0 saturated carbocycles. The van der Waals surface area contributed by atoms with Gasteiger partial charge in [0.1, 0.15) is 23.5 Å². The van der Waals surface area contributed by atoms with Gasteiger partial charge in [0, 0.05) is 30.4 Å². The van der Waals surface area contributed by atoms with Crippen LogP contribution in [0.1, 0.15) is 39.3 Å². The molecule has 1 heterocycles. The van der Waals surface area contributed by atoms with Crippen molar-refractivity contribution >= 4 is 23.9 Å². The number of amides is 2. The Morgan fingerprint density at radius 1 is 1.11 bits per heavy atom. The summed E-state index contributed by atoms with van der Waals surface area (Å²) in [6.07, 6.45) is 1.55. The number of alkyl carbamates (subject to hydrolysis) is 1. The molecule has 12 heteroatoms. The minimum atomic E-state index is -1.06. The number of carbonyl (C=O) groups excluding carboxylic acids is 3. The molecule has 2 amide bonds. The Balaban J connectivity index is 2.18. The third kappa shape index (κ3) is 9.65. The Labute approximate surface area is 210 Å². The van der Waals surface area contributed by atoms with E-state index in [2.05, 4.69) is 25.6 Å². The molecule has 2 rings (SSSR count). The number of nitrogens with two attached hydrogens (primary N) is 2. The number of nitrogens with zero attached hydrogens (tertiary/aromatic N) is 2. The number of esters is 1. The fourth-order valence-electron chi connectivity index (χ4n) is 3.25. The van der Waals surface area contributed by atoms with Gasteiger partial charge in [-0.2, -0.15) is 0 Å².